The van der Waals surface area contributed by atoms with Gasteiger partial charge in [0.15, 0.2) is 0 Å². The van der Waals surface area contributed by atoms with Crippen molar-refractivity contribution in [3.8, 4) is 0 Å². The van der Waals surface area contributed by atoms with Gasteiger partial charge < -0.3 is 9.67 Å². The molecule has 0 aliphatic heterocycles. The summed E-state index contributed by atoms with van der Waals surface area (Å²) in [7, 11) is -3.53. The third kappa shape index (κ3) is 4.25. The van der Waals surface area contributed by atoms with Crippen molar-refractivity contribution in [1.82, 2.24) is 9.29 Å². The Morgan fingerprint density at radius 3 is 2.50 bits per heavy atom. The number of rotatable bonds is 8. The molecule has 1 heterocycles. The Kier molecular flexibility index (Phi) is 6.57. The fourth-order valence-corrected chi connectivity index (χ4v) is 4.17. The average Bonchev–Trinajstić information content (AvgIpc) is 2.83. The van der Waals surface area contributed by atoms with Crippen LogP contribution in [0.2, 0.25) is 0 Å². The lowest BCUT2D eigenvalue weighted by Crippen LogP contribution is -2.35. The highest BCUT2D eigenvalue weighted by molar-refractivity contribution is 7.98. The quantitative estimate of drug-likeness (QED) is 0.768. The Labute approximate surface area is 125 Å². The monoisotopic (exact) mass is 320 g/mol. The molecule has 1 atom stereocenters. The lowest BCUT2D eigenvalue weighted by molar-refractivity contribution is 0.268. The Balaban J connectivity index is 3.03. The van der Waals surface area contributed by atoms with E-state index in [0.29, 0.717) is 5.69 Å². The van der Waals surface area contributed by atoms with E-state index in [-0.39, 0.29) is 23.6 Å². The lowest BCUT2D eigenvalue weighted by atomic mass is 10.3. The molecule has 0 radical (unpaired) electrons. The van der Waals surface area contributed by atoms with Crippen LogP contribution in [0, 0.1) is 0 Å². The van der Waals surface area contributed by atoms with Crippen molar-refractivity contribution in [1.29, 1.82) is 0 Å². The summed E-state index contributed by atoms with van der Waals surface area (Å²) in [5.41, 5.74) is 0.610. The predicted molar refractivity (Wildman–Crippen MR) is 83.5 cm³/mol. The van der Waals surface area contributed by atoms with E-state index in [1.165, 1.54) is 6.07 Å². The summed E-state index contributed by atoms with van der Waals surface area (Å²) in [6.07, 6.45) is 4.29. The zero-order chi connectivity index (χ0) is 15.3. The zero-order valence-electron chi connectivity index (χ0n) is 12.5. The van der Waals surface area contributed by atoms with Crippen LogP contribution in [0.25, 0.3) is 0 Å². The van der Waals surface area contributed by atoms with Crippen molar-refractivity contribution < 1.29 is 13.5 Å². The fraction of sp³-hybridized carbons (Fsp3) is 0.692. The molecular formula is C13H24N2O3S2. The molecule has 0 saturated carbocycles. The fourth-order valence-electron chi connectivity index (χ4n) is 1.97. The lowest BCUT2D eigenvalue weighted by Gasteiger charge is -2.15. The van der Waals surface area contributed by atoms with Crippen LogP contribution >= 0.6 is 11.8 Å². The van der Waals surface area contributed by atoms with Gasteiger partial charge >= 0.3 is 0 Å². The second-order valence-electron chi connectivity index (χ2n) is 5.01. The molecule has 20 heavy (non-hydrogen) atoms. The first-order valence-electron chi connectivity index (χ1n) is 6.68. The summed E-state index contributed by atoms with van der Waals surface area (Å²) in [4.78, 5) is 0.217. The van der Waals surface area contributed by atoms with Gasteiger partial charge in [-0.3, -0.25) is 0 Å². The number of sulfonamides is 1. The van der Waals surface area contributed by atoms with Crippen LogP contribution in [0.15, 0.2) is 17.2 Å². The topological polar surface area (TPSA) is 71.3 Å². The number of aliphatic hydroxyl groups excluding tert-OH is 1. The van der Waals surface area contributed by atoms with Crippen LogP contribution in [0.5, 0.6) is 0 Å². The first-order valence-corrected chi connectivity index (χ1v) is 9.56. The Hall–Kier alpha value is -0.500. The first kappa shape index (κ1) is 17.6. The van der Waals surface area contributed by atoms with Crippen molar-refractivity contribution in [2.75, 3.05) is 12.0 Å². The molecule has 0 saturated heterocycles. The summed E-state index contributed by atoms with van der Waals surface area (Å²) in [6.45, 7) is 5.69. The molecule has 0 fully saturated rings. The molecule has 0 aromatic carbocycles. The second-order valence-corrected chi connectivity index (χ2v) is 7.63. The molecule has 1 aromatic heterocycles. The highest BCUT2D eigenvalue weighted by atomic mass is 32.2. The van der Waals surface area contributed by atoms with Crippen LogP contribution in [-0.4, -0.2) is 36.1 Å². The summed E-state index contributed by atoms with van der Waals surface area (Å²) >= 11 is 1.62. The molecule has 2 N–H and O–H groups in total. The molecule has 0 aliphatic rings. The van der Waals surface area contributed by atoms with Gasteiger partial charge in [-0.15, -0.1) is 0 Å². The third-order valence-electron chi connectivity index (χ3n) is 3.12. The summed E-state index contributed by atoms with van der Waals surface area (Å²) < 4.78 is 29.2. The number of nitrogens with one attached hydrogen (secondary N) is 1. The third-order valence-corrected chi connectivity index (χ3v) is 5.34. The van der Waals surface area contributed by atoms with Crippen molar-refractivity contribution in [2.24, 2.45) is 0 Å². The van der Waals surface area contributed by atoms with Gasteiger partial charge in [-0.05, 0) is 32.6 Å². The van der Waals surface area contributed by atoms with E-state index in [4.69, 9.17) is 0 Å². The van der Waals surface area contributed by atoms with Crippen molar-refractivity contribution in [2.45, 2.75) is 50.8 Å². The van der Waals surface area contributed by atoms with Crippen LogP contribution < -0.4 is 4.72 Å². The number of aromatic nitrogens is 1. The normalized spacial score (nSPS) is 13.9. The SMILES string of the molecule is CCC(CSC)NS(=O)(=O)c1cc(CO)n(C(C)C)c1. The van der Waals surface area contributed by atoms with E-state index < -0.39 is 10.0 Å². The van der Waals surface area contributed by atoms with Crippen molar-refractivity contribution in [3.63, 3.8) is 0 Å². The maximum Gasteiger partial charge on any atom is 0.242 e. The minimum Gasteiger partial charge on any atom is -0.390 e. The molecule has 0 bridgehead atoms. The predicted octanol–water partition coefficient (Wildman–Crippen LogP) is 1.98. The van der Waals surface area contributed by atoms with Gasteiger partial charge in [0.25, 0.3) is 0 Å². The molecule has 1 aromatic rings. The maximum atomic E-state index is 12.4. The van der Waals surface area contributed by atoms with E-state index in [2.05, 4.69) is 4.72 Å². The van der Waals surface area contributed by atoms with Gasteiger partial charge in [0, 0.05) is 29.7 Å². The number of nitrogens with zero attached hydrogens (tertiary/aromatic N) is 1. The zero-order valence-corrected chi connectivity index (χ0v) is 14.1. The Morgan fingerprint density at radius 2 is 2.10 bits per heavy atom. The van der Waals surface area contributed by atoms with Gasteiger partial charge in [0.05, 0.1) is 11.5 Å². The average molecular weight is 320 g/mol. The number of hydrogen-bond donors (Lipinski definition) is 2. The van der Waals surface area contributed by atoms with Gasteiger partial charge in [-0.25, -0.2) is 13.1 Å². The van der Waals surface area contributed by atoms with Crippen molar-refractivity contribution >= 4 is 21.8 Å². The van der Waals surface area contributed by atoms with Gasteiger partial charge in [-0.2, -0.15) is 11.8 Å². The summed E-state index contributed by atoms with van der Waals surface area (Å²) in [5.74, 6) is 0.744. The number of thioether (sulfide) groups is 1. The second kappa shape index (κ2) is 7.49. The van der Waals surface area contributed by atoms with E-state index in [1.54, 1.807) is 22.5 Å². The van der Waals surface area contributed by atoms with Gasteiger partial charge in [-0.1, -0.05) is 6.92 Å². The number of hydrogen-bond acceptors (Lipinski definition) is 4. The molecule has 7 heteroatoms. The minimum atomic E-state index is -3.53. The van der Waals surface area contributed by atoms with Crippen LogP contribution in [0.4, 0.5) is 0 Å². The Morgan fingerprint density at radius 1 is 1.45 bits per heavy atom. The molecule has 116 valence electrons. The number of aliphatic hydroxyl groups is 1. The molecule has 1 rings (SSSR count). The van der Waals surface area contributed by atoms with E-state index in [0.717, 1.165) is 12.2 Å². The molecule has 0 aliphatic carbocycles. The standard InChI is InChI=1S/C13H24N2O3S2/c1-5-11(9-19-4)14-20(17,18)13-6-12(8-16)15(7-13)10(2)3/h6-7,10-11,14,16H,5,8-9H2,1-4H3. The molecule has 5 nitrogen and oxygen atoms in total. The molecule has 1 unspecified atom stereocenters. The summed E-state index contributed by atoms with van der Waals surface area (Å²) in [6, 6.07) is 1.57. The van der Waals surface area contributed by atoms with Crippen molar-refractivity contribution in [3.05, 3.63) is 18.0 Å². The summed E-state index contributed by atoms with van der Waals surface area (Å²) in [5, 5.41) is 9.32. The smallest absolute Gasteiger partial charge is 0.242 e. The first-order chi connectivity index (χ1) is 9.35. The molecule has 0 amide bonds. The van der Waals surface area contributed by atoms with Gasteiger partial charge in [0.2, 0.25) is 10.0 Å². The molecular weight excluding hydrogens is 296 g/mol. The minimum absolute atomic E-state index is 0.0741. The van der Waals surface area contributed by atoms with E-state index in [9.17, 15) is 13.5 Å². The molecule has 0 spiro atoms. The van der Waals surface area contributed by atoms with Gasteiger partial charge in [0.1, 0.15) is 0 Å². The van der Waals surface area contributed by atoms with Crippen LogP contribution in [-0.2, 0) is 16.6 Å². The Bertz CT molecular complexity index is 524. The van der Waals surface area contributed by atoms with E-state index in [1.807, 2.05) is 27.0 Å². The van der Waals surface area contributed by atoms with Crippen LogP contribution in [0.3, 0.4) is 0 Å². The highest BCUT2D eigenvalue weighted by Gasteiger charge is 2.22. The maximum absolute atomic E-state index is 12.4. The van der Waals surface area contributed by atoms with Crippen LogP contribution in [0.1, 0.15) is 38.9 Å². The highest BCUT2D eigenvalue weighted by Crippen LogP contribution is 2.19. The largest absolute Gasteiger partial charge is 0.390 e. The van der Waals surface area contributed by atoms with E-state index >= 15 is 0 Å².